The first kappa shape index (κ1) is 10.4. The van der Waals surface area contributed by atoms with Gasteiger partial charge < -0.3 is 5.32 Å². The largest absolute Gasteiger partial charge is 0.338 e. The van der Waals surface area contributed by atoms with E-state index >= 15 is 0 Å². The van der Waals surface area contributed by atoms with Crippen LogP contribution in [0.15, 0.2) is 30.3 Å². The fourth-order valence-electron chi connectivity index (χ4n) is 1.86. The van der Waals surface area contributed by atoms with Gasteiger partial charge in [0.05, 0.1) is 0 Å². The normalized spacial score (nSPS) is 25.5. The van der Waals surface area contributed by atoms with Crippen molar-refractivity contribution in [3.05, 3.63) is 35.9 Å². The van der Waals surface area contributed by atoms with Crippen molar-refractivity contribution in [2.45, 2.75) is 19.0 Å². The Hall–Kier alpha value is -1.13. The van der Waals surface area contributed by atoms with Crippen LogP contribution in [-0.2, 0) is 5.66 Å². The highest BCUT2D eigenvalue weighted by Gasteiger charge is 2.38. The maximum atomic E-state index is 5.21. The summed E-state index contributed by atoms with van der Waals surface area (Å²) in [5.74, 6) is 0. The Kier molecular flexibility index (Phi) is 2.63. The molecule has 1 atom stereocenters. The summed E-state index contributed by atoms with van der Waals surface area (Å²) in [4.78, 5) is 0. The summed E-state index contributed by atoms with van der Waals surface area (Å²) >= 11 is 5.21. The second-order valence-corrected chi connectivity index (χ2v) is 4.11. The van der Waals surface area contributed by atoms with Gasteiger partial charge >= 0.3 is 0 Å². The van der Waals surface area contributed by atoms with E-state index < -0.39 is 0 Å². The molecule has 1 aliphatic heterocycles. The molecule has 1 aromatic rings. The van der Waals surface area contributed by atoms with Gasteiger partial charge in [0.15, 0.2) is 5.11 Å². The summed E-state index contributed by atoms with van der Waals surface area (Å²) in [5.41, 5.74) is 4.33. The molecule has 80 valence electrons. The van der Waals surface area contributed by atoms with Gasteiger partial charge in [0.2, 0.25) is 0 Å². The maximum Gasteiger partial charge on any atom is 0.185 e. The van der Waals surface area contributed by atoms with Crippen molar-refractivity contribution in [3.63, 3.8) is 0 Å². The topological polar surface area (TPSA) is 27.3 Å². The van der Waals surface area contributed by atoms with Crippen molar-refractivity contribution in [1.82, 2.24) is 15.8 Å². The number of nitrogens with one attached hydrogen (secondary N) is 2. The van der Waals surface area contributed by atoms with Crippen molar-refractivity contribution >= 4 is 17.3 Å². The lowest BCUT2D eigenvalue weighted by atomic mass is 9.98. The molecule has 2 N–H and O–H groups in total. The van der Waals surface area contributed by atoms with Crippen LogP contribution in [0.5, 0.6) is 0 Å². The molecule has 1 aromatic carbocycles. The Morgan fingerprint density at radius 2 is 2.00 bits per heavy atom. The molecule has 1 aliphatic rings. The maximum absolute atomic E-state index is 5.21. The van der Waals surface area contributed by atoms with E-state index in [2.05, 4.69) is 29.8 Å². The number of hydrazine groups is 1. The molecule has 0 radical (unpaired) electrons. The number of nitrogens with zero attached hydrogens (tertiary/aromatic N) is 1. The van der Waals surface area contributed by atoms with Crippen LogP contribution < -0.4 is 10.7 Å². The zero-order valence-electron chi connectivity index (χ0n) is 8.95. The Morgan fingerprint density at radius 3 is 2.47 bits per heavy atom. The average molecular weight is 221 g/mol. The van der Waals surface area contributed by atoms with E-state index in [0.29, 0.717) is 0 Å². The van der Waals surface area contributed by atoms with Crippen LogP contribution >= 0.6 is 12.2 Å². The van der Waals surface area contributed by atoms with Crippen LogP contribution in [-0.4, -0.2) is 17.2 Å². The fraction of sp³-hybridized carbons (Fsp3) is 0.364. The molecule has 0 spiro atoms. The van der Waals surface area contributed by atoms with Gasteiger partial charge in [0, 0.05) is 7.05 Å². The zero-order chi connectivity index (χ0) is 10.9. The number of rotatable bonds is 2. The summed E-state index contributed by atoms with van der Waals surface area (Å²) in [6.45, 7) is 2.13. The van der Waals surface area contributed by atoms with E-state index in [9.17, 15) is 0 Å². The van der Waals surface area contributed by atoms with E-state index in [-0.39, 0.29) is 5.66 Å². The van der Waals surface area contributed by atoms with Crippen molar-refractivity contribution in [2.75, 3.05) is 7.05 Å². The van der Waals surface area contributed by atoms with Crippen LogP contribution in [0.1, 0.15) is 18.9 Å². The lowest BCUT2D eigenvalue weighted by molar-refractivity contribution is 0.236. The van der Waals surface area contributed by atoms with Crippen molar-refractivity contribution in [3.8, 4) is 0 Å². The summed E-state index contributed by atoms with van der Waals surface area (Å²) in [5, 5.41) is 5.92. The lowest BCUT2D eigenvalue weighted by Crippen LogP contribution is -2.47. The minimum Gasteiger partial charge on any atom is -0.338 e. The second kappa shape index (κ2) is 3.79. The summed E-state index contributed by atoms with van der Waals surface area (Å²) in [6.07, 6.45) is 0.932. The minimum absolute atomic E-state index is 0.243. The van der Waals surface area contributed by atoms with Crippen LogP contribution in [0.25, 0.3) is 0 Å². The molecule has 4 heteroatoms. The van der Waals surface area contributed by atoms with Crippen LogP contribution in [0.3, 0.4) is 0 Å². The molecule has 0 unspecified atom stereocenters. The minimum atomic E-state index is -0.243. The monoisotopic (exact) mass is 221 g/mol. The molecule has 0 aliphatic carbocycles. The smallest absolute Gasteiger partial charge is 0.185 e. The highest BCUT2D eigenvalue weighted by atomic mass is 32.1. The predicted molar refractivity (Wildman–Crippen MR) is 65.0 cm³/mol. The van der Waals surface area contributed by atoms with Crippen molar-refractivity contribution in [2.24, 2.45) is 0 Å². The molecule has 0 aromatic heterocycles. The first-order valence-electron chi connectivity index (χ1n) is 5.07. The molecule has 3 nitrogen and oxygen atoms in total. The molecule has 15 heavy (non-hydrogen) atoms. The molecule has 0 amide bonds. The molecule has 0 saturated carbocycles. The van der Waals surface area contributed by atoms with E-state index in [1.54, 1.807) is 0 Å². The standard InChI is InChI=1S/C11H15N3S/c1-3-11(9-7-5-4-6-8-9)12-10(15)14(2)13-11/h4-8,13H,3H2,1-2H3,(H,12,15)/t11-/m0/s1. The van der Waals surface area contributed by atoms with Gasteiger partial charge in [-0.25, -0.2) is 5.43 Å². The summed E-state index contributed by atoms with van der Waals surface area (Å²) in [7, 11) is 1.93. The Bertz CT molecular complexity index is 365. The van der Waals surface area contributed by atoms with Crippen LogP contribution in [0.2, 0.25) is 0 Å². The SMILES string of the molecule is CC[C@]1(c2ccccc2)NC(=S)N(C)N1. The Labute approximate surface area is 95.4 Å². The fourth-order valence-corrected chi connectivity index (χ4v) is 2.08. The molecule has 1 heterocycles. The molecule has 0 bridgehead atoms. The Morgan fingerprint density at radius 1 is 1.33 bits per heavy atom. The van der Waals surface area contributed by atoms with E-state index in [1.165, 1.54) is 5.56 Å². The van der Waals surface area contributed by atoms with E-state index in [4.69, 9.17) is 12.2 Å². The number of hydrogen-bond acceptors (Lipinski definition) is 2. The third-order valence-electron chi connectivity index (χ3n) is 2.78. The zero-order valence-corrected chi connectivity index (χ0v) is 9.77. The molecule has 1 saturated heterocycles. The molecular weight excluding hydrogens is 206 g/mol. The Balaban J connectivity index is 2.36. The summed E-state index contributed by atoms with van der Waals surface area (Å²) in [6, 6.07) is 10.3. The molecular formula is C11H15N3S. The van der Waals surface area contributed by atoms with Gasteiger partial charge in [-0.1, -0.05) is 37.3 Å². The van der Waals surface area contributed by atoms with Gasteiger partial charge in [-0.2, -0.15) is 0 Å². The van der Waals surface area contributed by atoms with Gasteiger partial charge in [-0.05, 0) is 24.2 Å². The quantitative estimate of drug-likeness (QED) is 0.741. The van der Waals surface area contributed by atoms with Crippen LogP contribution in [0.4, 0.5) is 0 Å². The van der Waals surface area contributed by atoms with Gasteiger partial charge in [0.25, 0.3) is 0 Å². The first-order chi connectivity index (χ1) is 7.18. The van der Waals surface area contributed by atoms with Gasteiger partial charge in [0.1, 0.15) is 5.66 Å². The third kappa shape index (κ3) is 1.70. The molecule has 2 rings (SSSR count). The highest BCUT2D eigenvalue weighted by molar-refractivity contribution is 7.80. The summed E-state index contributed by atoms with van der Waals surface area (Å²) < 4.78 is 0. The average Bonchev–Trinajstić information content (AvgIpc) is 2.57. The predicted octanol–water partition coefficient (Wildman–Crippen LogP) is 1.57. The lowest BCUT2D eigenvalue weighted by Gasteiger charge is -2.28. The van der Waals surface area contributed by atoms with E-state index in [0.717, 1.165) is 11.5 Å². The van der Waals surface area contributed by atoms with Gasteiger partial charge in [-0.15, -0.1) is 0 Å². The number of thiocarbonyl (C=S) groups is 1. The highest BCUT2D eigenvalue weighted by Crippen LogP contribution is 2.25. The van der Waals surface area contributed by atoms with Crippen molar-refractivity contribution < 1.29 is 0 Å². The van der Waals surface area contributed by atoms with Crippen LogP contribution in [0, 0.1) is 0 Å². The number of benzene rings is 1. The third-order valence-corrected chi connectivity index (χ3v) is 3.16. The van der Waals surface area contributed by atoms with E-state index in [1.807, 2.05) is 30.3 Å². The van der Waals surface area contributed by atoms with Crippen molar-refractivity contribution in [1.29, 1.82) is 0 Å². The second-order valence-electron chi connectivity index (χ2n) is 3.73. The van der Waals surface area contributed by atoms with Gasteiger partial charge in [-0.3, -0.25) is 5.01 Å². The molecule has 1 fully saturated rings. The first-order valence-corrected chi connectivity index (χ1v) is 5.48. The number of hydrogen-bond donors (Lipinski definition) is 2.